The van der Waals surface area contributed by atoms with Crippen LogP contribution in [-0.4, -0.2) is 39.9 Å². The van der Waals surface area contributed by atoms with Crippen LogP contribution < -0.4 is 10.1 Å². The fourth-order valence-electron chi connectivity index (χ4n) is 3.86. The molecule has 0 aliphatic carbocycles. The van der Waals surface area contributed by atoms with E-state index in [1.807, 2.05) is 24.3 Å². The van der Waals surface area contributed by atoms with E-state index < -0.39 is 11.0 Å². The first kappa shape index (κ1) is 21.3. The van der Waals surface area contributed by atoms with Crippen molar-refractivity contribution in [1.82, 2.24) is 5.32 Å². The van der Waals surface area contributed by atoms with Crippen LogP contribution in [0.1, 0.15) is 30.9 Å². The minimum Gasteiger partial charge on any atom is -0.497 e. The predicted molar refractivity (Wildman–Crippen MR) is 108 cm³/mol. The van der Waals surface area contributed by atoms with Gasteiger partial charge >= 0.3 is 0 Å². The van der Waals surface area contributed by atoms with Crippen molar-refractivity contribution < 1.29 is 23.4 Å². The number of carbonyl (C=O) groups excluding carboxylic acids is 1. The number of amides is 1. The van der Waals surface area contributed by atoms with E-state index in [2.05, 4.69) is 5.32 Å². The lowest BCUT2D eigenvalue weighted by Gasteiger charge is -2.38. The van der Waals surface area contributed by atoms with Gasteiger partial charge in [-0.05, 0) is 43.5 Å². The standard InChI is InChI=1S/C23H28FNO4/c1-22(28-3,19-6-4-5-7-20(19)24)16-25-21(26)23(12-14-29-15-13-23)17-8-10-18(27-2)11-9-17/h4-11H,12-16H2,1-3H3,(H,25,26). The number of hydrogen-bond acceptors (Lipinski definition) is 4. The van der Waals surface area contributed by atoms with Crippen LogP contribution in [0.25, 0.3) is 0 Å². The molecule has 1 aliphatic heterocycles. The van der Waals surface area contributed by atoms with Crippen LogP contribution in [0.4, 0.5) is 4.39 Å². The summed E-state index contributed by atoms with van der Waals surface area (Å²) < 4.78 is 30.7. The summed E-state index contributed by atoms with van der Waals surface area (Å²) in [5.74, 6) is 0.274. The highest BCUT2D eigenvalue weighted by Crippen LogP contribution is 2.36. The van der Waals surface area contributed by atoms with Crippen molar-refractivity contribution in [1.29, 1.82) is 0 Å². The Balaban J connectivity index is 1.84. The molecule has 0 radical (unpaired) electrons. The highest BCUT2D eigenvalue weighted by molar-refractivity contribution is 5.88. The van der Waals surface area contributed by atoms with Crippen LogP contribution in [0.5, 0.6) is 5.75 Å². The van der Waals surface area contributed by atoms with Gasteiger partial charge in [-0.15, -0.1) is 0 Å². The Morgan fingerprint density at radius 1 is 1.14 bits per heavy atom. The van der Waals surface area contributed by atoms with Gasteiger partial charge in [-0.1, -0.05) is 30.3 Å². The van der Waals surface area contributed by atoms with E-state index in [0.717, 1.165) is 11.3 Å². The molecule has 1 N–H and O–H groups in total. The van der Waals surface area contributed by atoms with Crippen LogP contribution in [0.3, 0.4) is 0 Å². The monoisotopic (exact) mass is 401 g/mol. The molecule has 1 aliphatic rings. The third-order valence-electron chi connectivity index (χ3n) is 5.90. The number of carbonyl (C=O) groups is 1. The van der Waals surface area contributed by atoms with E-state index in [9.17, 15) is 9.18 Å². The second-order valence-electron chi connectivity index (χ2n) is 7.52. The van der Waals surface area contributed by atoms with Crippen LogP contribution in [0.2, 0.25) is 0 Å². The van der Waals surface area contributed by atoms with Gasteiger partial charge < -0.3 is 19.5 Å². The molecule has 1 unspecified atom stereocenters. The van der Waals surface area contributed by atoms with Gasteiger partial charge in [0.1, 0.15) is 17.2 Å². The van der Waals surface area contributed by atoms with Crippen LogP contribution in [-0.2, 0) is 25.3 Å². The third-order valence-corrected chi connectivity index (χ3v) is 5.90. The van der Waals surface area contributed by atoms with Gasteiger partial charge in [-0.2, -0.15) is 0 Å². The normalized spacial score (nSPS) is 17.9. The molecule has 1 amide bonds. The number of methoxy groups -OCH3 is 2. The van der Waals surface area contributed by atoms with Gasteiger partial charge in [0.15, 0.2) is 0 Å². The molecule has 0 saturated carbocycles. The van der Waals surface area contributed by atoms with Crippen molar-refractivity contribution >= 4 is 5.91 Å². The Kier molecular flexibility index (Phi) is 6.55. The van der Waals surface area contributed by atoms with Crippen molar-refractivity contribution in [2.24, 2.45) is 0 Å². The van der Waals surface area contributed by atoms with E-state index in [1.54, 1.807) is 32.2 Å². The maximum atomic E-state index is 14.3. The molecular weight excluding hydrogens is 373 g/mol. The maximum absolute atomic E-state index is 14.3. The van der Waals surface area contributed by atoms with E-state index in [4.69, 9.17) is 14.2 Å². The number of halogens is 1. The van der Waals surface area contributed by atoms with Crippen molar-refractivity contribution in [3.8, 4) is 5.75 Å². The second kappa shape index (κ2) is 8.93. The zero-order valence-electron chi connectivity index (χ0n) is 17.2. The Bertz CT molecular complexity index is 833. The minimum atomic E-state index is -0.979. The van der Waals surface area contributed by atoms with Gasteiger partial charge in [0.2, 0.25) is 5.91 Å². The third kappa shape index (κ3) is 4.28. The Hall–Kier alpha value is -2.44. The largest absolute Gasteiger partial charge is 0.497 e. The van der Waals surface area contributed by atoms with Gasteiger partial charge in [0.25, 0.3) is 0 Å². The van der Waals surface area contributed by atoms with Gasteiger partial charge in [0.05, 0.1) is 19.1 Å². The average Bonchev–Trinajstić information content (AvgIpc) is 2.78. The fraction of sp³-hybridized carbons (Fsp3) is 0.435. The summed E-state index contributed by atoms with van der Waals surface area (Å²) in [5, 5.41) is 3.02. The summed E-state index contributed by atoms with van der Waals surface area (Å²) in [7, 11) is 3.13. The number of ether oxygens (including phenoxy) is 3. The Labute approximate surface area is 171 Å². The molecular formula is C23H28FNO4. The lowest BCUT2D eigenvalue weighted by atomic mass is 9.73. The van der Waals surface area contributed by atoms with Crippen molar-refractivity contribution in [2.45, 2.75) is 30.8 Å². The Morgan fingerprint density at radius 2 is 1.79 bits per heavy atom. The summed E-state index contributed by atoms with van der Waals surface area (Å²) >= 11 is 0. The van der Waals surface area contributed by atoms with E-state index in [1.165, 1.54) is 13.2 Å². The Morgan fingerprint density at radius 3 is 2.38 bits per heavy atom. The molecule has 2 aromatic carbocycles. The quantitative estimate of drug-likeness (QED) is 0.771. The van der Waals surface area contributed by atoms with Crippen molar-refractivity contribution in [3.05, 3.63) is 65.5 Å². The molecule has 2 aromatic rings. The van der Waals surface area contributed by atoms with E-state index >= 15 is 0 Å². The minimum absolute atomic E-state index is 0.106. The maximum Gasteiger partial charge on any atom is 0.230 e. The molecule has 1 fully saturated rings. The van der Waals surface area contributed by atoms with Crippen molar-refractivity contribution in [2.75, 3.05) is 34.0 Å². The van der Waals surface area contributed by atoms with Crippen LogP contribution in [0, 0.1) is 5.82 Å². The number of nitrogens with one attached hydrogen (secondary N) is 1. The predicted octanol–water partition coefficient (Wildman–Crippen LogP) is 3.56. The first-order chi connectivity index (χ1) is 13.9. The molecule has 0 aromatic heterocycles. The van der Waals surface area contributed by atoms with Crippen molar-refractivity contribution in [3.63, 3.8) is 0 Å². The highest BCUT2D eigenvalue weighted by atomic mass is 19.1. The summed E-state index contributed by atoms with van der Waals surface area (Å²) in [6.45, 7) is 2.94. The van der Waals surface area contributed by atoms with Gasteiger partial charge in [0, 0.05) is 25.9 Å². The number of hydrogen-bond donors (Lipinski definition) is 1. The molecule has 156 valence electrons. The summed E-state index contributed by atoms with van der Waals surface area (Å²) in [4.78, 5) is 13.4. The molecule has 6 heteroatoms. The van der Waals surface area contributed by atoms with Gasteiger partial charge in [-0.3, -0.25) is 4.79 Å². The smallest absolute Gasteiger partial charge is 0.230 e. The van der Waals surface area contributed by atoms with Gasteiger partial charge in [-0.25, -0.2) is 4.39 Å². The number of rotatable bonds is 7. The molecule has 1 atom stereocenters. The van der Waals surface area contributed by atoms with Crippen LogP contribution >= 0.6 is 0 Å². The highest BCUT2D eigenvalue weighted by Gasteiger charge is 2.42. The summed E-state index contributed by atoms with van der Waals surface area (Å²) in [6, 6.07) is 14.0. The zero-order chi connectivity index (χ0) is 20.9. The molecule has 0 spiro atoms. The lowest BCUT2D eigenvalue weighted by molar-refractivity contribution is -0.132. The van der Waals surface area contributed by atoms with Crippen LogP contribution in [0.15, 0.2) is 48.5 Å². The number of benzene rings is 2. The molecule has 0 bridgehead atoms. The first-order valence-corrected chi connectivity index (χ1v) is 9.76. The zero-order valence-corrected chi connectivity index (χ0v) is 17.2. The topological polar surface area (TPSA) is 56.8 Å². The molecule has 3 rings (SSSR count). The molecule has 29 heavy (non-hydrogen) atoms. The second-order valence-corrected chi connectivity index (χ2v) is 7.52. The van der Waals surface area contributed by atoms with E-state index in [0.29, 0.717) is 31.6 Å². The fourth-order valence-corrected chi connectivity index (χ4v) is 3.86. The summed E-state index contributed by atoms with van der Waals surface area (Å²) in [6.07, 6.45) is 1.16. The molecule has 1 saturated heterocycles. The average molecular weight is 401 g/mol. The lowest BCUT2D eigenvalue weighted by Crippen LogP contribution is -2.51. The summed E-state index contributed by atoms with van der Waals surface area (Å²) in [5.41, 5.74) is -0.348. The molecule has 1 heterocycles. The molecule has 5 nitrogen and oxygen atoms in total. The first-order valence-electron chi connectivity index (χ1n) is 9.76. The van der Waals surface area contributed by atoms with E-state index in [-0.39, 0.29) is 18.3 Å². The SMILES string of the molecule is COc1ccc(C2(C(=O)NCC(C)(OC)c3ccccc3F)CCOCC2)cc1.